The van der Waals surface area contributed by atoms with Gasteiger partial charge in [0.1, 0.15) is 5.82 Å². The molecule has 0 atom stereocenters. The fourth-order valence-corrected chi connectivity index (χ4v) is 2.72. The summed E-state index contributed by atoms with van der Waals surface area (Å²) >= 11 is 0. The van der Waals surface area contributed by atoms with E-state index in [0.717, 1.165) is 18.6 Å². The first-order valence-corrected chi connectivity index (χ1v) is 8.79. The van der Waals surface area contributed by atoms with Crippen LogP contribution >= 0.6 is 0 Å². The molecule has 0 aliphatic carbocycles. The van der Waals surface area contributed by atoms with E-state index in [1.165, 1.54) is 13.0 Å². The van der Waals surface area contributed by atoms with Gasteiger partial charge in [-0.2, -0.15) is 13.2 Å². The minimum Gasteiger partial charge on any atom is -0.369 e. The minimum absolute atomic E-state index is 0.194. The molecule has 5 nitrogen and oxygen atoms in total. The predicted octanol–water partition coefficient (Wildman–Crippen LogP) is 5.10. The van der Waals surface area contributed by atoms with Crippen molar-refractivity contribution >= 4 is 28.3 Å². The van der Waals surface area contributed by atoms with Crippen LogP contribution in [0, 0.1) is 0 Å². The van der Waals surface area contributed by atoms with Crippen LogP contribution in [0.3, 0.4) is 0 Å². The lowest BCUT2D eigenvalue weighted by Crippen LogP contribution is -2.08. The number of carbonyl (C=O) groups is 1. The molecule has 8 heteroatoms. The lowest BCUT2D eigenvalue weighted by molar-refractivity contribution is -0.137. The maximum atomic E-state index is 13.1. The Morgan fingerprint density at radius 1 is 1.07 bits per heavy atom. The van der Waals surface area contributed by atoms with Gasteiger partial charge in [-0.25, -0.2) is 9.97 Å². The molecule has 146 valence electrons. The van der Waals surface area contributed by atoms with Gasteiger partial charge in [-0.1, -0.05) is 6.92 Å². The monoisotopic (exact) mass is 388 g/mol. The van der Waals surface area contributed by atoms with Crippen LogP contribution in [0.25, 0.3) is 22.3 Å². The number of halogens is 3. The van der Waals surface area contributed by atoms with Crippen LogP contribution in [-0.4, -0.2) is 22.4 Å². The highest BCUT2D eigenvalue weighted by atomic mass is 19.4. The van der Waals surface area contributed by atoms with Crippen LogP contribution in [0.4, 0.5) is 24.7 Å². The number of alkyl halides is 3. The number of nitrogens with zero attached hydrogens (tertiary/aromatic N) is 2. The van der Waals surface area contributed by atoms with E-state index >= 15 is 0 Å². The standard InChI is InChI=1S/C20H19F3N4O/c1-3-10-24-19-16-9-6-14(20(21,22)23)11-17(16)26-18(27-19)13-4-7-15(8-5-13)25-12(2)28/h4-9,11H,3,10H2,1-2H3,(H,25,28)(H,24,26,27). The average Bonchev–Trinajstić information content (AvgIpc) is 2.64. The number of aromatic nitrogens is 2. The Morgan fingerprint density at radius 2 is 1.79 bits per heavy atom. The topological polar surface area (TPSA) is 66.9 Å². The zero-order valence-corrected chi connectivity index (χ0v) is 15.4. The molecule has 3 rings (SSSR count). The second-order valence-corrected chi connectivity index (χ2v) is 6.31. The zero-order valence-electron chi connectivity index (χ0n) is 15.4. The number of anilines is 2. The minimum atomic E-state index is -4.45. The Kier molecular flexibility index (Phi) is 5.48. The van der Waals surface area contributed by atoms with Crippen molar-refractivity contribution in [3.05, 3.63) is 48.0 Å². The first kappa shape index (κ1) is 19.6. The molecule has 2 aromatic carbocycles. The van der Waals surface area contributed by atoms with Gasteiger partial charge in [-0.05, 0) is 48.9 Å². The molecule has 0 fully saturated rings. The zero-order chi connectivity index (χ0) is 20.3. The molecule has 0 spiro atoms. The summed E-state index contributed by atoms with van der Waals surface area (Å²) < 4.78 is 39.3. The van der Waals surface area contributed by atoms with Gasteiger partial charge in [0, 0.05) is 30.1 Å². The lowest BCUT2D eigenvalue weighted by Gasteiger charge is -2.13. The SMILES string of the molecule is CCCNc1nc(-c2ccc(NC(C)=O)cc2)nc2cc(C(F)(F)F)ccc12. The van der Waals surface area contributed by atoms with Crippen LogP contribution in [0.15, 0.2) is 42.5 Å². The fourth-order valence-electron chi connectivity index (χ4n) is 2.72. The van der Waals surface area contributed by atoms with Crippen molar-refractivity contribution in [2.75, 3.05) is 17.2 Å². The van der Waals surface area contributed by atoms with Gasteiger partial charge in [0.15, 0.2) is 5.82 Å². The third kappa shape index (κ3) is 4.39. The third-order valence-electron chi connectivity index (χ3n) is 4.03. The van der Waals surface area contributed by atoms with Crippen molar-refractivity contribution in [2.45, 2.75) is 26.4 Å². The van der Waals surface area contributed by atoms with Crippen molar-refractivity contribution in [1.82, 2.24) is 9.97 Å². The van der Waals surface area contributed by atoms with Crippen molar-refractivity contribution in [3.8, 4) is 11.4 Å². The summed E-state index contributed by atoms with van der Waals surface area (Å²) in [5, 5.41) is 6.34. The number of amides is 1. The highest BCUT2D eigenvalue weighted by molar-refractivity contribution is 5.91. The summed E-state index contributed by atoms with van der Waals surface area (Å²) in [6, 6.07) is 10.3. The predicted molar refractivity (Wildman–Crippen MR) is 103 cm³/mol. The molecule has 3 aromatic rings. The Bertz CT molecular complexity index is 1000. The summed E-state index contributed by atoms with van der Waals surface area (Å²) in [4.78, 5) is 20.0. The smallest absolute Gasteiger partial charge is 0.369 e. The summed E-state index contributed by atoms with van der Waals surface area (Å²) in [5.74, 6) is 0.599. The fraction of sp³-hybridized carbons (Fsp3) is 0.250. The summed E-state index contributed by atoms with van der Waals surface area (Å²) in [6.45, 7) is 4.03. The van der Waals surface area contributed by atoms with Gasteiger partial charge in [0.2, 0.25) is 5.91 Å². The van der Waals surface area contributed by atoms with Crippen molar-refractivity contribution in [2.24, 2.45) is 0 Å². The van der Waals surface area contributed by atoms with E-state index in [1.54, 1.807) is 24.3 Å². The number of fused-ring (bicyclic) bond motifs is 1. The van der Waals surface area contributed by atoms with E-state index in [2.05, 4.69) is 20.6 Å². The van der Waals surface area contributed by atoms with Crippen LogP contribution in [0.1, 0.15) is 25.8 Å². The van der Waals surface area contributed by atoms with E-state index in [0.29, 0.717) is 34.8 Å². The molecule has 0 saturated carbocycles. The Hall–Kier alpha value is -3.16. The maximum absolute atomic E-state index is 13.1. The Labute approximate surface area is 160 Å². The molecule has 1 heterocycles. The maximum Gasteiger partial charge on any atom is 0.416 e. The van der Waals surface area contributed by atoms with E-state index in [1.807, 2.05) is 6.92 Å². The summed E-state index contributed by atoms with van der Waals surface area (Å²) in [7, 11) is 0. The largest absolute Gasteiger partial charge is 0.416 e. The van der Waals surface area contributed by atoms with E-state index < -0.39 is 11.7 Å². The van der Waals surface area contributed by atoms with Crippen LogP contribution < -0.4 is 10.6 Å². The van der Waals surface area contributed by atoms with Gasteiger partial charge >= 0.3 is 6.18 Å². The van der Waals surface area contributed by atoms with Crippen LogP contribution in [-0.2, 0) is 11.0 Å². The lowest BCUT2D eigenvalue weighted by atomic mass is 10.1. The van der Waals surface area contributed by atoms with Gasteiger partial charge < -0.3 is 10.6 Å². The van der Waals surface area contributed by atoms with E-state index in [4.69, 9.17) is 0 Å². The highest BCUT2D eigenvalue weighted by Gasteiger charge is 2.31. The molecule has 0 aliphatic rings. The number of hydrogen-bond acceptors (Lipinski definition) is 4. The molecule has 0 saturated heterocycles. The second kappa shape index (κ2) is 7.84. The van der Waals surface area contributed by atoms with Crippen molar-refractivity contribution in [3.63, 3.8) is 0 Å². The van der Waals surface area contributed by atoms with Gasteiger partial charge in [-0.3, -0.25) is 4.79 Å². The van der Waals surface area contributed by atoms with Gasteiger partial charge in [-0.15, -0.1) is 0 Å². The van der Waals surface area contributed by atoms with Crippen LogP contribution in [0.5, 0.6) is 0 Å². The van der Waals surface area contributed by atoms with Gasteiger partial charge in [0.25, 0.3) is 0 Å². The number of carbonyl (C=O) groups excluding carboxylic acids is 1. The Balaban J connectivity index is 2.09. The number of rotatable bonds is 5. The van der Waals surface area contributed by atoms with E-state index in [9.17, 15) is 18.0 Å². The molecule has 0 aliphatic heterocycles. The molecule has 28 heavy (non-hydrogen) atoms. The molecule has 0 radical (unpaired) electrons. The second-order valence-electron chi connectivity index (χ2n) is 6.31. The average molecular weight is 388 g/mol. The van der Waals surface area contributed by atoms with Gasteiger partial charge in [0.05, 0.1) is 11.1 Å². The van der Waals surface area contributed by atoms with Crippen LogP contribution in [0.2, 0.25) is 0 Å². The summed E-state index contributed by atoms with van der Waals surface area (Å²) in [5.41, 5.74) is 0.699. The molecule has 0 bridgehead atoms. The molecule has 1 amide bonds. The molecule has 1 aromatic heterocycles. The molecule has 2 N–H and O–H groups in total. The highest BCUT2D eigenvalue weighted by Crippen LogP contribution is 2.33. The number of hydrogen-bond donors (Lipinski definition) is 2. The van der Waals surface area contributed by atoms with Crippen molar-refractivity contribution in [1.29, 1.82) is 0 Å². The Morgan fingerprint density at radius 3 is 2.39 bits per heavy atom. The molecule has 0 unspecified atom stereocenters. The quantitative estimate of drug-likeness (QED) is 0.638. The normalized spacial score (nSPS) is 11.5. The first-order chi connectivity index (χ1) is 13.3. The summed E-state index contributed by atoms with van der Waals surface area (Å²) in [6.07, 6.45) is -3.61. The third-order valence-corrected chi connectivity index (χ3v) is 4.03. The number of nitrogens with one attached hydrogen (secondary N) is 2. The van der Waals surface area contributed by atoms with Crippen molar-refractivity contribution < 1.29 is 18.0 Å². The van der Waals surface area contributed by atoms with E-state index in [-0.39, 0.29) is 11.4 Å². The molecular weight excluding hydrogens is 369 g/mol. The molecular formula is C20H19F3N4O. The first-order valence-electron chi connectivity index (χ1n) is 8.79. The number of benzene rings is 2.